The minimum absolute atomic E-state index is 0.0367. The van der Waals surface area contributed by atoms with Gasteiger partial charge in [-0.1, -0.05) is 0 Å². The summed E-state index contributed by atoms with van der Waals surface area (Å²) in [6.45, 7) is 1.04. The zero-order chi connectivity index (χ0) is 13.0. The quantitative estimate of drug-likeness (QED) is 0.816. The molecule has 2 N–H and O–H groups in total. The Morgan fingerprint density at radius 2 is 2.22 bits per heavy atom. The van der Waals surface area contributed by atoms with Crippen molar-refractivity contribution in [2.75, 3.05) is 13.1 Å². The van der Waals surface area contributed by atoms with Crippen LogP contribution in [0.3, 0.4) is 0 Å². The number of aliphatic carboxylic acids is 1. The van der Waals surface area contributed by atoms with Crippen molar-refractivity contribution in [3.8, 4) is 0 Å². The van der Waals surface area contributed by atoms with E-state index >= 15 is 0 Å². The zero-order valence-electron chi connectivity index (χ0n) is 9.87. The van der Waals surface area contributed by atoms with E-state index in [2.05, 4.69) is 10.3 Å². The molecule has 1 saturated heterocycles. The maximum absolute atomic E-state index is 11.7. The number of pyridine rings is 1. The van der Waals surface area contributed by atoms with E-state index in [1.807, 2.05) is 12.1 Å². The van der Waals surface area contributed by atoms with E-state index in [1.54, 1.807) is 17.3 Å². The van der Waals surface area contributed by atoms with Crippen LogP contribution in [0, 0.1) is 0 Å². The molecule has 96 valence electrons. The van der Waals surface area contributed by atoms with Gasteiger partial charge in [0.2, 0.25) is 0 Å². The van der Waals surface area contributed by atoms with E-state index in [-0.39, 0.29) is 18.5 Å². The maximum atomic E-state index is 11.7. The molecule has 0 spiro atoms. The smallest absolute Gasteiger partial charge is 0.318 e. The third kappa shape index (κ3) is 2.97. The number of carboxylic acids is 1. The first-order valence-electron chi connectivity index (χ1n) is 5.84. The molecule has 1 aliphatic heterocycles. The fourth-order valence-corrected chi connectivity index (χ4v) is 1.99. The number of urea groups is 1. The van der Waals surface area contributed by atoms with Gasteiger partial charge < -0.3 is 15.3 Å². The summed E-state index contributed by atoms with van der Waals surface area (Å²) >= 11 is 0. The van der Waals surface area contributed by atoms with Gasteiger partial charge in [0.1, 0.15) is 0 Å². The maximum Gasteiger partial charge on any atom is 0.318 e. The van der Waals surface area contributed by atoms with Crippen LogP contribution >= 0.6 is 0 Å². The predicted molar refractivity (Wildman–Crippen MR) is 64.0 cm³/mol. The molecular formula is C12H15N3O3. The summed E-state index contributed by atoms with van der Waals surface area (Å²) in [5.74, 6) is -0.833. The van der Waals surface area contributed by atoms with Gasteiger partial charge in [-0.05, 0) is 24.1 Å². The van der Waals surface area contributed by atoms with Crippen molar-refractivity contribution in [3.05, 3.63) is 30.1 Å². The summed E-state index contributed by atoms with van der Waals surface area (Å²) in [5, 5.41) is 11.4. The van der Waals surface area contributed by atoms with Gasteiger partial charge in [-0.2, -0.15) is 0 Å². The largest absolute Gasteiger partial charge is 0.481 e. The monoisotopic (exact) mass is 249 g/mol. The second kappa shape index (κ2) is 5.48. The summed E-state index contributed by atoms with van der Waals surface area (Å²) in [6.07, 6.45) is 3.94. The molecule has 2 rings (SSSR count). The molecule has 1 aliphatic rings. The minimum atomic E-state index is -0.833. The highest BCUT2D eigenvalue weighted by atomic mass is 16.4. The molecule has 1 aromatic rings. The Labute approximate surface area is 105 Å². The summed E-state index contributed by atoms with van der Waals surface area (Å²) in [6, 6.07) is 3.56. The molecule has 0 saturated carbocycles. The standard InChI is InChI=1S/C12H15N3O3/c16-11(17)2-1-7-15-8-10(14-12(15)18)9-3-5-13-6-4-9/h3-6,10H,1-2,7-8H2,(H,14,18)(H,16,17). The van der Waals surface area contributed by atoms with Crippen LogP contribution in [0.5, 0.6) is 0 Å². The van der Waals surface area contributed by atoms with Gasteiger partial charge in [-0.3, -0.25) is 9.78 Å². The molecule has 0 aromatic carbocycles. The van der Waals surface area contributed by atoms with E-state index in [0.717, 1.165) is 5.56 Å². The molecule has 6 heteroatoms. The fraction of sp³-hybridized carbons (Fsp3) is 0.417. The number of hydrogen-bond acceptors (Lipinski definition) is 3. The molecule has 1 atom stereocenters. The Morgan fingerprint density at radius 1 is 1.50 bits per heavy atom. The molecule has 0 bridgehead atoms. The van der Waals surface area contributed by atoms with Crippen LogP contribution in [0.2, 0.25) is 0 Å². The molecular weight excluding hydrogens is 234 g/mol. The first kappa shape index (κ1) is 12.3. The van der Waals surface area contributed by atoms with E-state index in [0.29, 0.717) is 19.5 Å². The molecule has 6 nitrogen and oxygen atoms in total. The fourth-order valence-electron chi connectivity index (χ4n) is 1.99. The number of carbonyl (C=O) groups excluding carboxylic acids is 1. The van der Waals surface area contributed by atoms with Gasteiger partial charge in [0.25, 0.3) is 0 Å². The Bertz CT molecular complexity index is 435. The van der Waals surface area contributed by atoms with E-state index in [9.17, 15) is 9.59 Å². The summed E-state index contributed by atoms with van der Waals surface area (Å²) in [7, 11) is 0. The van der Waals surface area contributed by atoms with Crippen LogP contribution in [0.4, 0.5) is 4.79 Å². The van der Waals surface area contributed by atoms with Gasteiger partial charge >= 0.3 is 12.0 Å². The molecule has 0 aliphatic carbocycles. The highest BCUT2D eigenvalue weighted by Crippen LogP contribution is 2.19. The van der Waals surface area contributed by atoms with E-state index in [4.69, 9.17) is 5.11 Å². The van der Waals surface area contributed by atoms with Crippen molar-refractivity contribution in [1.82, 2.24) is 15.2 Å². The van der Waals surface area contributed by atoms with Crippen LogP contribution in [0.25, 0.3) is 0 Å². The SMILES string of the molecule is O=C(O)CCCN1CC(c2ccncc2)NC1=O. The Balaban J connectivity index is 1.89. The summed E-state index contributed by atoms with van der Waals surface area (Å²) in [4.78, 5) is 27.7. The second-order valence-corrected chi connectivity index (χ2v) is 4.23. The van der Waals surface area contributed by atoms with E-state index in [1.165, 1.54) is 0 Å². The lowest BCUT2D eigenvalue weighted by Crippen LogP contribution is -2.29. The summed E-state index contributed by atoms with van der Waals surface area (Å²) in [5.41, 5.74) is 1.01. The normalized spacial score (nSPS) is 18.8. The Kier molecular flexibility index (Phi) is 3.76. The lowest BCUT2D eigenvalue weighted by Gasteiger charge is -2.13. The molecule has 1 aromatic heterocycles. The Morgan fingerprint density at radius 3 is 2.89 bits per heavy atom. The van der Waals surface area contributed by atoms with Crippen molar-refractivity contribution in [2.45, 2.75) is 18.9 Å². The first-order chi connectivity index (χ1) is 8.66. The number of rotatable bonds is 5. The summed E-state index contributed by atoms with van der Waals surface area (Å²) < 4.78 is 0. The molecule has 2 heterocycles. The van der Waals surface area contributed by atoms with Crippen LogP contribution in [0.1, 0.15) is 24.4 Å². The average Bonchev–Trinajstić information content (AvgIpc) is 2.72. The predicted octanol–water partition coefficient (Wildman–Crippen LogP) is 1.01. The second-order valence-electron chi connectivity index (χ2n) is 4.23. The highest BCUT2D eigenvalue weighted by molar-refractivity contribution is 5.77. The van der Waals surface area contributed by atoms with Crippen molar-refractivity contribution in [2.24, 2.45) is 0 Å². The zero-order valence-corrected chi connectivity index (χ0v) is 9.87. The molecule has 0 radical (unpaired) electrons. The number of aromatic nitrogens is 1. The van der Waals surface area contributed by atoms with Gasteiger partial charge in [-0.25, -0.2) is 4.79 Å². The lowest BCUT2D eigenvalue weighted by atomic mass is 10.1. The number of nitrogens with one attached hydrogen (secondary N) is 1. The highest BCUT2D eigenvalue weighted by Gasteiger charge is 2.29. The lowest BCUT2D eigenvalue weighted by molar-refractivity contribution is -0.137. The van der Waals surface area contributed by atoms with Crippen LogP contribution in [-0.4, -0.2) is 40.1 Å². The van der Waals surface area contributed by atoms with Crippen LogP contribution in [0.15, 0.2) is 24.5 Å². The average molecular weight is 249 g/mol. The first-order valence-corrected chi connectivity index (χ1v) is 5.84. The molecule has 2 amide bonds. The third-order valence-electron chi connectivity index (χ3n) is 2.92. The number of carboxylic acid groups (broad SMARTS) is 1. The van der Waals surface area contributed by atoms with Crippen LogP contribution < -0.4 is 5.32 Å². The van der Waals surface area contributed by atoms with Gasteiger partial charge in [-0.15, -0.1) is 0 Å². The Hall–Kier alpha value is -2.11. The van der Waals surface area contributed by atoms with Crippen molar-refractivity contribution in [3.63, 3.8) is 0 Å². The van der Waals surface area contributed by atoms with Crippen LogP contribution in [-0.2, 0) is 4.79 Å². The molecule has 1 unspecified atom stereocenters. The number of amides is 2. The van der Waals surface area contributed by atoms with Gasteiger partial charge in [0.05, 0.1) is 6.04 Å². The number of carbonyl (C=O) groups is 2. The molecule has 18 heavy (non-hydrogen) atoms. The van der Waals surface area contributed by atoms with Gasteiger partial charge in [0, 0.05) is 31.9 Å². The number of hydrogen-bond donors (Lipinski definition) is 2. The van der Waals surface area contributed by atoms with Gasteiger partial charge in [0.15, 0.2) is 0 Å². The van der Waals surface area contributed by atoms with Crippen molar-refractivity contribution >= 4 is 12.0 Å². The number of nitrogens with zero attached hydrogens (tertiary/aromatic N) is 2. The topological polar surface area (TPSA) is 82.5 Å². The van der Waals surface area contributed by atoms with Crippen molar-refractivity contribution in [1.29, 1.82) is 0 Å². The van der Waals surface area contributed by atoms with E-state index < -0.39 is 5.97 Å². The molecule has 1 fully saturated rings. The van der Waals surface area contributed by atoms with Crippen molar-refractivity contribution < 1.29 is 14.7 Å². The third-order valence-corrected chi connectivity index (χ3v) is 2.92. The minimum Gasteiger partial charge on any atom is -0.481 e.